The number of nitrogens with one attached hydrogen (secondary N) is 1. The van der Waals surface area contributed by atoms with Crippen molar-refractivity contribution in [1.82, 2.24) is 15.0 Å². The third-order valence-corrected chi connectivity index (χ3v) is 2.84. The molecule has 0 radical (unpaired) electrons. The predicted molar refractivity (Wildman–Crippen MR) is 84.9 cm³/mol. The molecule has 112 valence electrons. The van der Waals surface area contributed by atoms with E-state index in [1.54, 1.807) is 7.05 Å². The van der Waals surface area contributed by atoms with Crippen molar-refractivity contribution in [3.8, 4) is 17.1 Å². The Kier molecular flexibility index (Phi) is 4.92. The lowest BCUT2D eigenvalue weighted by Crippen LogP contribution is -2.15. The van der Waals surface area contributed by atoms with Gasteiger partial charge in [-0.15, -0.1) is 0 Å². The molecule has 0 unspecified atom stereocenters. The number of hydrogen-bond donors (Lipinski definition) is 1. The van der Waals surface area contributed by atoms with Crippen LogP contribution in [0, 0.1) is 0 Å². The molecule has 0 amide bonds. The predicted octanol–water partition coefficient (Wildman–Crippen LogP) is 2.44. The van der Waals surface area contributed by atoms with Gasteiger partial charge in [0.1, 0.15) is 5.75 Å². The van der Waals surface area contributed by atoms with Crippen LogP contribution >= 0.6 is 0 Å². The van der Waals surface area contributed by atoms with Gasteiger partial charge in [-0.05, 0) is 18.6 Å². The number of nitrogens with zero attached hydrogens (tertiary/aromatic N) is 4. The van der Waals surface area contributed by atoms with E-state index >= 15 is 0 Å². The lowest BCUT2D eigenvalue weighted by molar-refractivity contribution is 0.318. The van der Waals surface area contributed by atoms with Crippen LogP contribution in [0.3, 0.4) is 0 Å². The van der Waals surface area contributed by atoms with Gasteiger partial charge >= 0.3 is 0 Å². The molecule has 1 aromatic heterocycles. The second kappa shape index (κ2) is 6.88. The van der Waals surface area contributed by atoms with Gasteiger partial charge in [0, 0.05) is 21.1 Å². The number of aromatic nitrogens is 3. The second-order valence-corrected chi connectivity index (χ2v) is 4.77. The van der Waals surface area contributed by atoms with Crippen LogP contribution in [0.4, 0.5) is 11.9 Å². The number of para-hydroxylation sites is 1. The van der Waals surface area contributed by atoms with Crippen LogP contribution in [-0.4, -0.2) is 42.7 Å². The minimum Gasteiger partial charge on any atom is -0.493 e. The zero-order valence-corrected chi connectivity index (χ0v) is 12.9. The molecule has 1 N–H and O–H groups in total. The Morgan fingerprint density at radius 1 is 1.14 bits per heavy atom. The molecule has 6 nitrogen and oxygen atoms in total. The Labute approximate surface area is 125 Å². The first-order valence-electron chi connectivity index (χ1n) is 6.99. The standard InChI is InChI=1S/C15H21N5O/c1-5-10-21-12-9-7-6-8-11(12)13-17-14(16-2)19-15(18-13)20(3)4/h6-9H,5,10H2,1-4H3,(H,16,17,18,19). The molecular weight excluding hydrogens is 266 g/mol. The van der Waals surface area contributed by atoms with Gasteiger partial charge in [0.05, 0.1) is 12.2 Å². The fraction of sp³-hybridized carbons (Fsp3) is 0.400. The number of rotatable bonds is 6. The highest BCUT2D eigenvalue weighted by Gasteiger charge is 2.13. The second-order valence-electron chi connectivity index (χ2n) is 4.77. The average molecular weight is 287 g/mol. The largest absolute Gasteiger partial charge is 0.493 e. The summed E-state index contributed by atoms with van der Waals surface area (Å²) in [5, 5.41) is 2.97. The average Bonchev–Trinajstić information content (AvgIpc) is 2.52. The molecule has 0 aliphatic carbocycles. The van der Waals surface area contributed by atoms with Gasteiger partial charge < -0.3 is 15.0 Å². The minimum absolute atomic E-state index is 0.536. The lowest BCUT2D eigenvalue weighted by atomic mass is 10.2. The van der Waals surface area contributed by atoms with Gasteiger partial charge in [-0.2, -0.15) is 15.0 Å². The normalized spacial score (nSPS) is 10.3. The zero-order valence-electron chi connectivity index (χ0n) is 12.9. The van der Waals surface area contributed by atoms with E-state index in [0.29, 0.717) is 24.3 Å². The molecule has 0 saturated heterocycles. The van der Waals surface area contributed by atoms with Gasteiger partial charge in [0.15, 0.2) is 5.82 Å². The molecule has 0 fully saturated rings. The highest BCUT2D eigenvalue weighted by Crippen LogP contribution is 2.28. The first-order valence-corrected chi connectivity index (χ1v) is 6.99. The summed E-state index contributed by atoms with van der Waals surface area (Å²) in [6, 6.07) is 7.79. The fourth-order valence-corrected chi connectivity index (χ4v) is 1.79. The maximum absolute atomic E-state index is 5.78. The van der Waals surface area contributed by atoms with Crippen LogP contribution in [-0.2, 0) is 0 Å². The summed E-state index contributed by atoms with van der Waals surface area (Å²) in [7, 11) is 5.59. The molecule has 2 aromatic rings. The number of hydrogen-bond acceptors (Lipinski definition) is 6. The van der Waals surface area contributed by atoms with Crippen LogP contribution in [0.15, 0.2) is 24.3 Å². The Morgan fingerprint density at radius 2 is 1.90 bits per heavy atom. The van der Waals surface area contributed by atoms with E-state index < -0.39 is 0 Å². The van der Waals surface area contributed by atoms with Gasteiger partial charge in [-0.25, -0.2) is 0 Å². The zero-order chi connectivity index (χ0) is 15.2. The first-order chi connectivity index (χ1) is 10.2. The van der Waals surface area contributed by atoms with Crippen molar-refractivity contribution in [3.63, 3.8) is 0 Å². The number of benzene rings is 1. The molecule has 0 aliphatic rings. The van der Waals surface area contributed by atoms with E-state index in [1.807, 2.05) is 43.3 Å². The Hall–Kier alpha value is -2.37. The highest BCUT2D eigenvalue weighted by molar-refractivity contribution is 5.65. The van der Waals surface area contributed by atoms with E-state index in [0.717, 1.165) is 17.7 Å². The van der Waals surface area contributed by atoms with Crippen LogP contribution in [0.5, 0.6) is 5.75 Å². The molecular formula is C15H21N5O. The molecule has 21 heavy (non-hydrogen) atoms. The van der Waals surface area contributed by atoms with Crippen molar-refractivity contribution in [3.05, 3.63) is 24.3 Å². The minimum atomic E-state index is 0.536. The molecule has 6 heteroatoms. The van der Waals surface area contributed by atoms with Crippen molar-refractivity contribution in [2.24, 2.45) is 0 Å². The smallest absolute Gasteiger partial charge is 0.230 e. The number of ether oxygens (including phenoxy) is 1. The van der Waals surface area contributed by atoms with Gasteiger partial charge in [0.2, 0.25) is 11.9 Å². The molecule has 0 aliphatic heterocycles. The van der Waals surface area contributed by atoms with Crippen molar-refractivity contribution in [1.29, 1.82) is 0 Å². The van der Waals surface area contributed by atoms with Crippen molar-refractivity contribution < 1.29 is 4.74 Å². The van der Waals surface area contributed by atoms with Crippen LogP contribution in [0.2, 0.25) is 0 Å². The SMILES string of the molecule is CCCOc1ccccc1-c1nc(NC)nc(N(C)C)n1. The van der Waals surface area contributed by atoms with E-state index in [-0.39, 0.29) is 0 Å². The Morgan fingerprint density at radius 3 is 2.57 bits per heavy atom. The van der Waals surface area contributed by atoms with E-state index in [2.05, 4.69) is 27.2 Å². The van der Waals surface area contributed by atoms with Crippen molar-refractivity contribution in [2.75, 3.05) is 38.0 Å². The van der Waals surface area contributed by atoms with E-state index in [1.165, 1.54) is 0 Å². The number of anilines is 2. The van der Waals surface area contributed by atoms with Crippen molar-refractivity contribution in [2.45, 2.75) is 13.3 Å². The summed E-state index contributed by atoms with van der Waals surface area (Å²) in [6.45, 7) is 2.75. The van der Waals surface area contributed by atoms with Gasteiger partial charge in [-0.1, -0.05) is 19.1 Å². The summed E-state index contributed by atoms with van der Waals surface area (Å²) < 4.78 is 5.78. The summed E-state index contributed by atoms with van der Waals surface area (Å²) in [4.78, 5) is 15.1. The topological polar surface area (TPSA) is 63.2 Å². The molecule has 0 saturated carbocycles. The molecule has 0 bridgehead atoms. The maximum atomic E-state index is 5.78. The summed E-state index contributed by atoms with van der Waals surface area (Å²) in [5.74, 6) is 2.53. The fourth-order valence-electron chi connectivity index (χ4n) is 1.79. The van der Waals surface area contributed by atoms with Gasteiger partial charge in [-0.3, -0.25) is 0 Å². The maximum Gasteiger partial charge on any atom is 0.230 e. The summed E-state index contributed by atoms with van der Waals surface area (Å²) in [5.41, 5.74) is 0.868. The van der Waals surface area contributed by atoms with Crippen molar-refractivity contribution >= 4 is 11.9 Å². The summed E-state index contributed by atoms with van der Waals surface area (Å²) in [6.07, 6.45) is 0.955. The molecule has 1 heterocycles. The molecule has 2 rings (SSSR count). The monoisotopic (exact) mass is 287 g/mol. The Bertz CT molecular complexity index is 600. The van der Waals surface area contributed by atoms with E-state index in [9.17, 15) is 0 Å². The quantitative estimate of drug-likeness (QED) is 0.880. The summed E-state index contributed by atoms with van der Waals surface area (Å²) >= 11 is 0. The first kappa shape index (κ1) is 15.0. The van der Waals surface area contributed by atoms with Gasteiger partial charge in [0.25, 0.3) is 0 Å². The Balaban J connectivity index is 2.48. The third kappa shape index (κ3) is 3.59. The third-order valence-electron chi connectivity index (χ3n) is 2.84. The lowest BCUT2D eigenvalue weighted by Gasteiger charge is -2.14. The molecule has 0 atom stereocenters. The highest BCUT2D eigenvalue weighted by atomic mass is 16.5. The molecule has 1 aromatic carbocycles. The van der Waals surface area contributed by atoms with Crippen LogP contribution < -0.4 is 15.0 Å². The molecule has 0 spiro atoms. The van der Waals surface area contributed by atoms with E-state index in [4.69, 9.17) is 4.74 Å². The van der Waals surface area contributed by atoms with Crippen LogP contribution in [0.1, 0.15) is 13.3 Å². The van der Waals surface area contributed by atoms with Crippen LogP contribution in [0.25, 0.3) is 11.4 Å².